The molecule has 0 radical (unpaired) electrons. The lowest BCUT2D eigenvalue weighted by Crippen LogP contribution is -2.44. The zero-order chi connectivity index (χ0) is 32.6. The fraction of sp³-hybridized carbons (Fsp3) is 0.0909. The molecule has 0 saturated heterocycles. The lowest BCUT2D eigenvalue weighted by Gasteiger charge is -2.39. The Kier molecular flexibility index (Phi) is 7.34. The third kappa shape index (κ3) is 4.76. The maximum Gasteiger partial charge on any atom is 0.226 e. The predicted octanol–water partition coefficient (Wildman–Crippen LogP) is 9.29. The van der Waals surface area contributed by atoms with Crippen molar-refractivity contribution in [1.82, 2.24) is 0 Å². The van der Waals surface area contributed by atoms with Gasteiger partial charge in [0.05, 0.1) is 22.8 Å². The predicted molar refractivity (Wildman–Crippen MR) is 198 cm³/mol. The van der Waals surface area contributed by atoms with Crippen LogP contribution in [-0.4, -0.2) is 22.8 Å². The molecule has 4 heteroatoms. The lowest BCUT2D eigenvalue weighted by molar-refractivity contribution is 0.255. The van der Waals surface area contributed by atoms with Crippen LogP contribution in [0, 0.1) is 13.8 Å². The molecule has 0 spiro atoms. The van der Waals surface area contributed by atoms with Crippen molar-refractivity contribution in [3.8, 4) is 0 Å². The molecule has 6 aromatic carbocycles. The van der Waals surface area contributed by atoms with E-state index in [0.717, 1.165) is 67.4 Å². The first-order chi connectivity index (χ1) is 23.6. The zero-order valence-corrected chi connectivity index (χ0v) is 27.0. The van der Waals surface area contributed by atoms with Crippen molar-refractivity contribution in [3.63, 3.8) is 0 Å². The highest BCUT2D eigenvalue weighted by atomic mass is 15.3. The van der Waals surface area contributed by atoms with Gasteiger partial charge in [-0.1, -0.05) is 170 Å². The summed E-state index contributed by atoms with van der Waals surface area (Å²) in [4.78, 5) is 23.2. The molecule has 0 atom stereocenters. The van der Waals surface area contributed by atoms with Crippen LogP contribution in [-0.2, 0) is 11.3 Å². The second-order valence-corrected chi connectivity index (χ2v) is 12.3. The van der Waals surface area contributed by atoms with E-state index in [2.05, 4.69) is 159 Å². The van der Waals surface area contributed by atoms with Crippen molar-refractivity contribution in [2.24, 2.45) is 20.0 Å². The molecule has 2 aliphatic rings. The van der Waals surface area contributed by atoms with Gasteiger partial charge in [-0.05, 0) is 25.0 Å². The quantitative estimate of drug-likeness (QED) is 0.171. The minimum absolute atomic E-state index is 0.817. The van der Waals surface area contributed by atoms with Crippen LogP contribution in [0.15, 0.2) is 190 Å². The fourth-order valence-electron chi connectivity index (χ4n) is 6.95. The lowest BCUT2D eigenvalue weighted by atomic mass is 9.79. The number of benzene rings is 6. The highest BCUT2D eigenvalue weighted by Crippen LogP contribution is 2.55. The summed E-state index contributed by atoms with van der Waals surface area (Å²) in [6.45, 7) is 4.27. The van der Waals surface area contributed by atoms with Gasteiger partial charge < -0.3 is 0 Å². The Hall–Kier alpha value is -6.00. The Labute approximate surface area is 281 Å². The van der Waals surface area contributed by atoms with Crippen LogP contribution < -0.4 is 0 Å². The topological polar surface area (TPSA) is 49.4 Å². The van der Waals surface area contributed by atoms with E-state index in [1.54, 1.807) is 0 Å². The number of rotatable bonds is 7. The molecule has 2 aliphatic heterocycles. The van der Waals surface area contributed by atoms with Gasteiger partial charge in [-0.2, -0.15) is 0 Å². The molecule has 6 aromatic rings. The maximum absolute atomic E-state index is 5.81. The van der Waals surface area contributed by atoms with E-state index < -0.39 is 11.3 Å². The SMILES string of the molecule is Cc1ccccc1C1(C2(c3ccccc3C)N=C(c3ccccc3)C(c3ccccc3)=N2)N=C(c2ccccc2)C(c2ccccc2)=N1. The minimum Gasteiger partial charge on any atom is -0.243 e. The van der Waals surface area contributed by atoms with E-state index in [1.807, 2.05) is 24.3 Å². The smallest absolute Gasteiger partial charge is 0.226 e. The summed E-state index contributed by atoms with van der Waals surface area (Å²) in [6, 6.07) is 58.3. The van der Waals surface area contributed by atoms with E-state index in [1.165, 1.54) is 0 Å². The summed E-state index contributed by atoms with van der Waals surface area (Å²) in [5.74, 6) is 0. The average Bonchev–Trinajstić information content (AvgIpc) is 3.76. The van der Waals surface area contributed by atoms with E-state index in [9.17, 15) is 0 Å². The van der Waals surface area contributed by atoms with Gasteiger partial charge in [0, 0.05) is 33.4 Å². The number of hydrogen-bond acceptors (Lipinski definition) is 4. The van der Waals surface area contributed by atoms with E-state index >= 15 is 0 Å². The van der Waals surface area contributed by atoms with Gasteiger partial charge in [0.25, 0.3) is 0 Å². The van der Waals surface area contributed by atoms with Gasteiger partial charge in [-0.25, -0.2) is 20.0 Å². The molecule has 0 amide bonds. The van der Waals surface area contributed by atoms with Crippen molar-refractivity contribution >= 4 is 22.8 Å². The Morgan fingerprint density at radius 2 is 0.521 bits per heavy atom. The standard InChI is InChI=1S/C44H34N4/c1-31-19-15-17-29-37(31)43(45-39(33-21-7-3-8-22-33)40(46-43)34-23-9-4-10-24-34)44(38-30-18-16-20-32(38)2)47-41(35-25-11-5-12-26-35)42(48-44)36-27-13-6-14-28-36/h3-30H,1-2H3. The number of aliphatic imine (C=N–C) groups is 4. The average molecular weight is 619 g/mol. The maximum atomic E-state index is 5.81. The van der Waals surface area contributed by atoms with Gasteiger partial charge in [0.15, 0.2) is 0 Å². The third-order valence-electron chi connectivity index (χ3n) is 9.26. The van der Waals surface area contributed by atoms with Crippen molar-refractivity contribution in [3.05, 3.63) is 214 Å². The minimum atomic E-state index is -1.28. The molecule has 230 valence electrons. The van der Waals surface area contributed by atoms with Crippen LogP contribution in [0.25, 0.3) is 0 Å². The molecule has 0 aromatic heterocycles. The van der Waals surface area contributed by atoms with Crippen molar-refractivity contribution in [2.45, 2.75) is 25.2 Å². The molecule has 0 saturated carbocycles. The van der Waals surface area contributed by atoms with Gasteiger partial charge in [0.2, 0.25) is 11.3 Å². The zero-order valence-electron chi connectivity index (χ0n) is 27.0. The third-order valence-corrected chi connectivity index (χ3v) is 9.26. The molecule has 48 heavy (non-hydrogen) atoms. The van der Waals surface area contributed by atoms with Crippen LogP contribution in [0.2, 0.25) is 0 Å². The van der Waals surface area contributed by atoms with E-state index in [-0.39, 0.29) is 0 Å². The van der Waals surface area contributed by atoms with Crippen molar-refractivity contribution < 1.29 is 0 Å². The first-order valence-electron chi connectivity index (χ1n) is 16.3. The normalized spacial score (nSPS) is 16.1. The molecular weight excluding hydrogens is 585 g/mol. The number of aryl methyl sites for hydroxylation is 2. The second kappa shape index (κ2) is 12.0. The molecule has 0 N–H and O–H groups in total. The summed E-state index contributed by atoms with van der Waals surface area (Å²) in [5.41, 5.74) is 8.74. The molecular formula is C44H34N4. The largest absolute Gasteiger partial charge is 0.243 e. The fourth-order valence-corrected chi connectivity index (χ4v) is 6.95. The van der Waals surface area contributed by atoms with Crippen LogP contribution in [0.4, 0.5) is 0 Å². The Morgan fingerprint density at radius 1 is 0.292 bits per heavy atom. The van der Waals surface area contributed by atoms with Crippen molar-refractivity contribution in [2.75, 3.05) is 0 Å². The Balaban J connectivity index is 1.56. The molecule has 0 aliphatic carbocycles. The first-order valence-corrected chi connectivity index (χ1v) is 16.3. The Bertz CT molecular complexity index is 1960. The summed E-state index contributed by atoms with van der Waals surface area (Å²) in [6.07, 6.45) is 0. The van der Waals surface area contributed by atoms with Crippen LogP contribution in [0.5, 0.6) is 0 Å². The summed E-state index contributed by atoms with van der Waals surface area (Å²) in [5, 5.41) is 0. The highest BCUT2D eigenvalue weighted by molar-refractivity contribution is 6.55. The molecule has 2 heterocycles. The molecule has 0 fully saturated rings. The summed E-state index contributed by atoms with van der Waals surface area (Å²) < 4.78 is 0. The van der Waals surface area contributed by atoms with Gasteiger partial charge in [-0.3, -0.25) is 0 Å². The van der Waals surface area contributed by atoms with Crippen LogP contribution in [0.3, 0.4) is 0 Å². The molecule has 0 bridgehead atoms. The van der Waals surface area contributed by atoms with E-state index in [4.69, 9.17) is 20.0 Å². The van der Waals surface area contributed by atoms with Crippen molar-refractivity contribution in [1.29, 1.82) is 0 Å². The van der Waals surface area contributed by atoms with E-state index in [0.29, 0.717) is 0 Å². The molecule has 8 rings (SSSR count). The van der Waals surface area contributed by atoms with Gasteiger partial charge in [-0.15, -0.1) is 0 Å². The second-order valence-electron chi connectivity index (χ2n) is 12.3. The van der Waals surface area contributed by atoms with Crippen LogP contribution in [0.1, 0.15) is 44.5 Å². The van der Waals surface area contributed by atoms with Crippen LogP contribution >= 0.6 is 0 Å². The number of hydrogen-bond donors (Lipinski definition) is 0. The molecule has 4 nitrogen and oxygen atoms in total. The Morgan fingerprint density at radius 3 is 0.771 bits per heavy atom. The van der Waals surface area contributed by atoms with Gasteiger partial charge in [0.1, 0.15) is 0 Å². The summed E-state index contributed by atoms with van der Waals surface area (Å²) >= 11 is 0. The van der Waals surface area contributed by atoms with Gasteiger partial charge >= 0.3 is 0 Å². The number of nitrogens with zero attached hydrogens (tertiary/aromatic N) is 4. The first kappa shape index (κ1) is 29.4. The molecule has 0 unspecified atom stereocenters. The summed E-state index contributed by atoms with van der Waals surface area (Å²) in [7, 11) is 0. The highest BCUT2D eigenvalue weighted by Gasteiger charge is 2.61. The monoisotopic (exact) mass is 618 g/mol.